The van der Waals surface area contributed by atoms with E-state index in [1.54, 1.807) is 17.1 Å². The van der Waals surface area contributed by atoms with Crippen LogP contribution in [0.5, 0.6) is 0 Å². The summed E-state index contributed by atoms with van der Waals surface area (Å²) < 4.78 is 1.74. The molecule has 6 heteroatoms. The van der Waals surface area contributed by atoms with Gasteiger partial charge in [0.15, 0.2) is 0 Å². The van der Waals surface area contributed by atoms with Gasteiger partial charge >= 0.3 is 0 Å². The van der Waals surface area contributed by atoms with E-state index in [0.29, 0.717) is 6.54 Å². The first kappa shape index (κ1) is 9.92. The summed E-state index contributed by atoms with van der Waals surface area (Å²) in [4.78, 5) is 7.77. The summed E-state index contributed by atoms with van der Waals surface area (Å²) in [6, 6.07) is 1.90. The largest absolute Gasteiger partial charge is 0.364 e. The zero-order chi connectivity index (χ0) is 10.7. The van der Waals surface area contributed by atoms with Gasteiger partial charge in [-0.1, -0.05) is 0 Å². The fourth-order valence-corrected chi connectivity index (χ4v) is 1.23. The van der Waals surface area contributed by atoms with E-state index in [9.17, 15) is 0 Å². The van der Waals surface area contributed by atoms with Gasteiger partial charge < -0.3 is 5.32 Å². The Hall–Kier alpha value is -1.62. The van der Waals surface area contributed by atoms with Gasteiger partial charge in [0, 0.05) is 43.8 Å². The number of rotatable bonds is 3. The van der Waals surface area contributed by atoms with Crippen LogP contribution in [0.25, 0.3) is 0 Å². The lowest BCUT2D eigenvalue weighted by atomic mass is 10.3. The normalized spacial score (nSPS) is 10.3. The molecule has 0 aliphatic heterocycles. The predicted molar refractivity (Wildman–Crippen MR) is 57.6 cm³/mol. The molecule has 15 heavy (non-hydrogen) atoms. The van der Waals surface area contributed by atoms with Crippen LogP contribution in [0.4, 0.5) is 5.82 Å². The molecule has 0 unspecified atom stereocenters. The topological polar surface area (TPSA) is 55.6 Å². The molecule has 0 aliphatic rings. The molecule has 0 radical (unpaired) electrons. The van der Waals surface area contributed by atoms with Gasteiger partial charge in [0.25, 0.3) is 0 Å². The zero-order valence-corrected chi connectivity index (χ0v) is 8.94. The monoisotopic (exact) mass is 223 g/mol. The van der Waals surface area contributed by atoms with Gasteiger partial charge in [0.2, 0.25) is 5.28 Å². The van der Waals surface area contributed by atoms with Gasteiger partial charge in [-0.2, -0.15) is 5.10 Å². The van der Waals surface area contributed by atoms with Gasteiger partial charge in [-0.3, -0.25) is 4.68 Å². The fourth-order valence-electron chi connectivity index (χ4n) is 1.13. The molecule has 0 aromatic carbocycles. The van der Waals surface area contributed by atoms with E-state index in [2.05, 4.69) is 20.4 Å². The van der Waals surface area contributed by atoms with Crippen LogP contribution in [-0.2, 0) is 13.6 Å². The Morgan fingerprint density at radius 1 is 1.40 bits per heavy atom. The molecule has 0 bridgehead atoms. The van der Waals surface area contributed by atoms with Gasteiger partial charge in [-0.25, -0.2) is 9.97 Å². The second kappa shape index (κ2) is 4.27. The molecule has 0 saturated heterocycles. The molecule has 0 fully saturated rings. The lowest BCUT2D eigenvalue weighted by Crippen LogP contribution is -2.01. The first-order valence-corrected chi connectivity index (χ1v) is 4.82. The van der Waals surface area contributed by atoms with Gasteiger partial charge in [0.05, 0.1) is 0 Å². The Morgan fingerprint density at radius 3 is 2.73 bits per heavy atom. The van der Waals surface area contributed by atoms with Crippen molar-refractivity contribution >= 4 is 17.4 Å². The Kier molecular flexibility index (Phi) is 2.82. The summed E-state index contributed by atoms with van der Waals surface area (Å²) in [6.07, 6.45) is 5.25. The number of aryl methyl sites for hydroxylation is 1. The lowest BCUT2D eigenvalue weighted by Gasteiger charge is -2.01. The molecule has 0 amide bonds. The van der Waals surface area contributed by atoms with Crippen LogP contribution in [0.2, 0.25) is 5.28 Å². The maximum Gasteiger partial charge on any atom is 0.222 e. The van der Waals surface area contributed by atoms with Crippen molar-refractivity contribution in [3.63, 3.8) is 0 Å². The van der Waals surface area contributed by atoms with Gasteiger partial charge in [-0.15, -0.1) is 0 Å². The highest BCUT2D eigenvalue weighted by molar-refractivity contribution is 6.28. The number of hydrogen-bond donors (Lipinski definition) is 1. The Labute approximate surface area is 92.1 Å². The van der Waals surface area contributed by atoms with E-state index in [4.69, 9.17) is 11.6 Å². The van der Waals surface area contributed by atoms with Crippen LogP contribution in [0.3, 0.4) is 0 Å². The molecule has 2 aromatic rings. The minimum Gasteiger partial charge on any atom is -0.364 e. The highest BCUT2D eigenvalue weighted by atomic mass is 35.5. The van der Waals surface area contributed by atoms with Crippen molar-refractivity contribution in [1.29, 1.82) is 0 Å². The third-order valence-electron chi connectivity index (χ3n) is 1.86. The Bertz CT molecular complexity index is 436. The average molecular weight is 224 g/mol. The summed E-state index contributed by atoms with van der Waals surface area (Å²) in [5, 5.41) is 7.59. The molecule has 2 rings (SSSR count). The molecule has 0 aliphatic carbocycles. The van der Waals surface area contributed by atoms with E-state index < -0.39 is 0 Å². The van der Waals surface area contributed by atoms with E-state index in [0.717, 1.165) is 11.4 Å². The summed E-state index contributed by atoms with van der Waals surface area (Å²) >= 11 is 5.57. The number of anilines is 1. The van der Waals surface area contributed by atoms with Crippen LogP contribution in [0.15, 0.2) is 24.7 Å². The maximum atomic E-state index is 5.57. The number of hydrogen-bond acceptors (Lipinski definition) is 4. The lowest BCUT2D eigenvalue weighted by molar-refractivity contribution is 0.768. The second-order valence-corrected chi connectivity index (χ2v) is 3.43. The van der Waals surface area contributed by atoms with Crippen molar-refractivity contribution in [3.8, 4) is 0 Å². The van der Waals surface area contributed by atoms with Crippen LogP contribution in [0.1, 0.15) is 5.56 Å². The van der Waals surface area contributed by atoms with Crippen LogP contribution in [-0.4, -0.2) is 19.7 Å². The first-order chi connectivity index (χ1) is 7.24. The maximum absolute atomic E-state index is 5.57. The third kappa shape index (κ3) is 2.66. The molecule has 0 saturated carbocycles. The van der Waals surface area contributed by atoms with E-state index in [1.165, 1.54) is 0 Å². The van der Waals surface area contributed by atoms with Crippen LogP contribution < -0.4 is 5.32 Å². The second-order valence-electron chi connectivity index (χ2n) is 3.09. The van der Waals surface area contributed by atoms with E-state index in [1.807, 2.05) is 19.3 Å². The number of nitrogens with zero attached hydrogens (tertiary/aromatic N) is 4. The minimum absolute atomic E-state index is 0.261. The first-order valence-electron chi connectivity index (χ1n) is 4.44. The van der Waals surface area contributed by atoms with Crippen molar-refractivity contribution < 1.29 is 0 Å². The Morgan fingerprint density at radius 2 is 2.13 bits per heavy atom. The molecule has 2 heterocycles. The average Bonchev–Trinajstić information content (AvgIpc) is 2.64. The third-order valence-corrected chi connectivity index (χ3v) is 2.06. The number of halogens is 1. The SMILES string of the molecule is Cn1ccc(NCc2cnc(Cl)nc2)n1. The summed E-state index contributed by atoms with van der Waals surface area (Å²) in [6.45, 7) is 0.633. The molecule has 78 valence electrons. The predicted octanol–water partition coefficient (Wildman–Crippen LogP) is 1.48. The van der Waals surface area contributed by atoms with Gasteiger partial charge in [-0.05, 0) is 11.6 Å². The quantitative estimate of drug-likeness (QED) is 0.801. The highest BCUT2D eigenvalue weighted by Gasteiger charge is 1.97. The molecule has 0 atom stereocenters. The van der Waals surface area contributed by atoms with Crippen molar-refractivity contribution in [2.75, 3.05) is 5.32 Å². The van der Waals surface area contributed by atoms with Crippen LogP contribution in [0, 0.1) is 0 Å². The standard InChI is InChI=1S/C9H10ClN5/c1-15-3-2-8(14-15)11-4-7-5-12-9(10)13-6-7/h2-3,5-6H,4H2,1H3,(H,11,14). The molecule has 5 nitrogen and oxygen atoms in total. The highest BCUT2D eigenvalue weighted by Crippen LogP contribution is 2.05. The van der Waals surface area contributed by atoms with Crippen molar-refractivity contribution in [1.82, 2.24) is 19.7 Å². The number of nitrogens with one attached hydrogen (secondary N) is 1. The van der Waals surface area contributed by atoms with Crippen molar-refractivity contribution in [2.24, 2.45) is 7.05 Å². The number of aromatic nitrogens is 4. The summed E-state index contributed by atoms with van der Waals surface area (Å²) in [7, 11) is 1.87. The van der Waals surface area contributed by atoms with E-state index in [-0.39, 0.29) is 5.28 Å². The zero-order valence-electron chi connectivity index (χ0n) is 8.18. The fraction of sp³-hybridized carbons (Fsp3) is 0.222. The smallest absolute Gasteiger partial charge is 0.222 e. The molecular weight excluding hydrogens is 214 g/mol. The van der Waals surface area contributed by atoms with Crippen molar-refractivity contribution in [3.05, 3.63) is 35.5 Å². The molecule has 1 N–H and O–H groups in total. The summed E-state index contributed by atoms with van der Waals surface area (Å²) in [5.74, 6) is 0.826. The van der Waals surface area contributed by atoms with Gasteiger partial charge in [0.1, 0.15) is 5.82 Å². The minimum atomic E-state index is 0.261. The van der Waals surface area contributed by atoms with Crippen molar-refractivity contribution in [2.45, 2.75) is 6.54 Å². The molecule has 0 spiro atoms. The molecular formula is C9H10ClN5. The molecule has 2 aromatic heterocycles. The Balaban J connectivity index is 1.96. The summed E-state index contributed by atoms with van der Waals surface area (Å²) in [5.41, 5.74) is 0.963. The van der Waals surface area contributed by atoms with Crippen LogP contribution >= 0.6 is 11.6 Å². The van der Waals surface area contributed by atoms with E-state index >= 15 is 0 Å².